The first kappa shape index (κ1) is 19.6. The molecule has 0 aliphatic carbocycles. The molecule has 4 heterocycles. The maximum Gasteiger partial charge on any atom is 0.194 e. The van der Waals surface area contributed by atoms with Gasteiger partial charge in [-0.2, -0.15) is 5.10 Å². The average Bonchev–Trinajstić information content (AvgIpc) is 3.47. The first-order chi connectivity index (χ1) is 14.1. The molecule has 29 heavy (non-hydrogen) atoms. The number of aryl methyl sites for hydroxylation is 2. The van der Waals surface area contributed by atoms with Crippen LogP contribution in [0.25, 0.3) is 0 Å². The van der Waals surface area contributed by atoms with E-state index in [1.165, 1.54) is 4.88 Å². The van der Waals surface area contributed by atoms with Crippen LogP contribution in [0.3, 0.4) is 0 Å². The van der Waals surface area contributed by atoms with Gasteiger partial charge in [0.2, 0.25) is 0 Å². The van der Waals surface area contributed by atoms with Gasteiger partial charge < -0.3 is 19.5 Å². The van der Waals surface area contributed by atoms with E-state index in [1.54, 1.807) is 16.0 Å². The van der Waals surface area contributed by atoms with Crippen molar-refractivity contribution in [2.45, 2.75) is 26.1 Å². The number of guanidine groups is 1. The lowest BCUT2D eigenvalue weighted by atomic mass is 10.1. The van der Waals surface area contributed by atoms with Crippen molar-refractivity contribution >= 4 is 17.3 Å². The zero-order valence-corrected chi connectivity index (χ0v) is 17.8. The van der Waals surface area contributed by atoms with Gasteiger partial charge in [0, 0.05) is 37.3 Å². The Morgan fingerprint density at radius 1 is 1.38 bits per heavy atom. The molecule has 1 fully saturated rings. The van der Waals surface area contributed by atoms with E-state index in [4.69, 9.17) is 9.73 Å². The minimum atomic E-state index is -0.0248. The lowest BCUT2D eigenvalue weighted by Gasteiger charge is -2.34. The second-order valence-electron chi connectivity index (χ2n) is 7.05. The first-order valence-electron chi connectivity index (χ1n) is 9.61. The van der Waals surface area contributed by atoms with Crippen molar-refractivity contribution in [2.24, 2.45) is 19.1 Å². The molecular formula is C19H26N8OS. The van der Waals surface area contributed by atoms with Gasteiger partial charge in [0.1, 0.15) is 18.5 Å². The predicted octanol–water partition coefficient (Wildman–Crippen LogP) is 1.64. The monoisotopic (exact) mass is 414 g/mol. The zero-order valence-electron chi connectivity index (χ0n) is 16.9. The molecule has 10 heteroatoms. The molecule has 1 aliphatic rings. The first-order valence-corrected chi connectivity index (χ1v) is 10.5. The molecule has 0 saturated carbocycles. The highest BCUT2D eigenvalue weighted by atomic mass is 32.1. The molecule has 3 aromatic rings. The molecule has 3 aromatic heterocycles. The predicted molar refractivity (Wildman–Crippen MR) is 112 cm³/mol. The van der Waals surface area contributed by atoms with E-state index < -0.39 is 0 Å². The number of nitrogens with one attached hydrogen (secondary N) is 1. The fourth-order valence-electron chi connectivity index (χ4n) is 3.23. The summed E-state index contributed by atoms with van der Waals surface area (Å²) in [6.45, 7) is 5.30. The molecule has 1 unspecified atom stereocenters. The van der Waals surface area contributed by atoms with E-state index in [1.807, 2.05) is 38.0 Å². The summed E-state index contributed by atoms with van der Waals surface area (Å²) in [5, 5.41) is 18.2. The number of morpholine rings is 1. The van der Waals surface area contributed by atoms with Crippen LogP contribution in [0.1, 0.15) is 28.2 Å². The number of ether oxygens (including phenoxy) is 1. The Bertz CT molecular complexity index is 961. The summed E-state index contributed by atoms with van der Waals surface area (Å²) in [5.74, 6) is 2.58. The van der Waals surface area contributed by atoms with E-state index >= 15 is 0 Å². The Morgan fingerprint density at radius 2 is 2.28 bits per heavy atom. The largest absolute Gasteiger partial charge is 0.370 e. The number of hydrogen-bond acceptors (Lipinski definition) is 6. The number of hydrogen-bond donors (Lipinski definition) is 1. The van der Waals surface area contributed by atoms with Gasteiger partial charge in [-0.1, -0.05) is 6.07 Å². The molecule has 0 bridgehead atoms. The minimum absolute atomic E-state index is 0.0248. The van der Waals surface area contributed by atoms with Crippen molar-refractivity contribution in [3.8, 4) is 0 Å². The second-order valence-corrected chi connectivity index (χ2v) is 8.08. The fourth-order valence-corrected chi connectivity index (χ4v) is 3.88. The van der Waals surface area contributed by atoms with E-state index in [0.29, 0.717) is 13.2 Å². The van der Waals surface area contributed by atoms with Crippen LogP contribution in [0, 0.1) is 6.92 Å². The third-order valence-corrected chi connectivity index (χ3v) is 5.89. The Balaban J connectivity index is 1.51. The third-order valence-electron chi connectivity index (χ3n) is 5.02. The molecule has 154 valence electrons. The topological polar surface area (TPSA) is 85.4 Å². The molecule has 1 saturated heterocycles. The van der Waals surface area contributed by atoms with Crippen LogP contribution in [0.15, 0.2) is 34.9 Å². The van der Waals surface area contributed by atoms with Gasteiger partial charge >= 0.3 is 0 Å². The van der Waals surface area contributed by atoms with Crippen LogP contribution < -0.4 is 5.32 Å². The summed E-state index contributed by atoms with van der Waals surface area (Å²) in [6.07, 6.45) is 3.85. The zero-order chi connectivity index (χ0) is 20.2. The minimum Gasteiger partial charge on any atom is -0.370 e. The van der Waals surface area contributed by atoms with Gasteiger partial charge in [0.25, 0.3) is 0 Å². The molecule has 0 spiro atoms. The van der Waals surface area contributed by atoms with E-state index in [9.17, 15) is 0 Å². The highest BCUT2D eigenvalue weighted by Crippen LogP contribution is 2.22. The van der Waals surface area contributed by atoms with Crippen molar-refractivity contribution in [1.82, 2.24) is 34.8 Å². The Kier molecular flexibility index (Phi) is 5.91. The molecule has 0 radical (unpaired) electrons. The number of aliphatic imine (C=N–C) groups is 1. The third kappa shape index (κ3) is 4.65. The number of aromatic nitrogens is 5. The van der Waals surface area contributed by atoms with E-state index in [-0.39, 0.29) is 6.10 Å². The van der Waals surface area contributed by atoms with Gasteiger partial charge in [-0.3, -0.25) is 4.68 Å². The highest BCUT2D eigenvalue weighted by Gasteiger charge is 2.25. The van der Waals surface area contributed by atoms with Crippen LogP contribution in [0.4, 0.5) is 0 Å². The molecule has 4 rings (SSSR count). The summed E-state index contributed by atoms with van der Waals surface area (Å²) in [4.78, 5) is 8.38. The van der Waals surface area contributed by atoms with Crippen LogP contribution in [-0.2, 0) is 31.9 Å². The normalized spacial score (nSPS) is 17.7. The molecule has 0 aromatic carbocycles. The number of nitrogens with zero attached hydrogens (tertiary/aromatic N) is 7. The lowest BCUT2D eigenvalue weighted by Crippen LogP contribution is -2.48. The SMILES string of the molecule is Cc1nnc(CN=C(NCc2cccs2)N2CCOC(c3cnn(C)c3)C2)n1C. The van der Waals surface area contributed by atoms with Crippen molar-refractivity contribution in [2.75, 3.05) is 19.7 Å². The van der Waals surface area contributed by atoms with Crippen LogP contribution in [-0.4, -0.2) is 55.1 Å². The van der Waals surface area contributed by atoms with Gasteiger partial charge in [0.15, 0.2) is 11.8 Å². The summed E-state index contributed by atoms with van der Waals surface area (Å²) < 4.78 is 9.77. The highest BCUT2D eigenvalue weighted by molar-refractivity contribution is 7.09. The molecule has 0 amide bonds. The second kappa shape index (κ2) is 8.75. The molecule has 1 N–H and O–H groups in total. The smallest absolute Gasteiger partial charge is 0.194 e. The maximum atomic E-state index is 5.99. The van der Waals surface area contributed by atoms with Gasteiger partial charge in [-0.15, -0.1) is 21.5 Å². The van der Waals surface area contributed by atoms with Crippen LogP contribution >= 0.6 is 11.3 Å². The molecule has 1 aliphatic heterocycles. The quantitative estimate of drug-likeness (QED) is 0.505. The van der Waals surface area contributed by atoms with Crippen molar-refractivity contribution in [1.29, 1.82) is 0 Å². The van der Waals surface area contributed by atoms with E-state index in [0.717, 1.165) is 42.8 Å². The Morgan fingerprint density at radius 3 is 2.97 bits per heavy atom. The average molecular weight is 415 g/mol. The fraction of sp³-hybridized carbons (Fsp3) is 0.474. The molecular weight excluding hydrogens is 388 g/mol. The Hall–Kier alpha value is -2.72. The summed E-state index contributed by atoms with van der Waals surface area (Å²) in [6, 6.07) is 4.19. The van der Waals surface area contributed by atoms with Gasteiger partial charge in [-0.05, 0) is 18.4 Å². The summed E-state index contributed by atoms with van der Waals surface area (Å²) >= 11 is 1.73. The Labute approximate surface area is 174 Å². The standard InChI is InChI=1S/C19H26N8OS/c1-14-23-24-18(26(14)3)11-21-19(20-10-16-5-4-8-29-16)27-6-7-28-17(13-27)15-9-22-25(2)12-15/h4-5,8-9,12,17H,6-7,10-11,13H2,1-3H3,(H,20,21). The van der Waals surface area contributed by atoms with Crippen molar-refractivity contribution in [3.63, 3.8) is 0 Å². The molecule has 1 atom stereocenters. The van der Waals surface area contributed by atoms with E-state index in [2.05, 4.69) is 43.0 Å². The summed E-state index contributed by atoms with van der Waals surface area (Å²) in [5.41, 5.74) is 1.08. The summed E-state index contributed by atoms with van der Waals surface area (Å²) in [7, 11) is 3.88. The van der Waals surface area contributed by atoms with Crippen LogP contribution in [0.5, 0.6) is 0 Å². The lowest BCUT2D eigenvalue weighted by molar-refractivity contribution is -0.00811. The van der Waals surface area contributed by atoms with Gasteiger partial charge in [0.05, 0.1) is 25.9 Å². The van der Waals surface area contributed by atoms with Crippen molar-refractivity contribution in [3.05, 3.63) is 52.0 Å². The number of thiophene rings is 1. The van der Waals surface area contributed by atoms with Crippen molar-refractivity contribution < 1.29 is 4.74 Å². The molecule has 9 nitrogen and oxygen atoms in total. The van der Waals surface area contributed by atoms with Gasteiger partial charge in [-0.25, -0.2) is 4.99 Å². The number of rotatable bonds is 5. The maximum absolute atomic E-state index is 5.99. The van der Waals surface area contributed by atoms with Crippen LogP contribution in [0.2, 0.25) is 0 Å².